The van der Waals surface area contributed by atoms with Crippen molar-refractivity contribution < 1.29 is 4.79 Å². The second-order valence-corrected chi connectivity index (χ2v) is 11.0. The van der Waals surface area contributed by atoms with Gasteiger partial charge in [-0.1, -0.05) is 100 Å². The minimum Gasteiger partial charge on any atom is -0.369 e. The fraction of sp³-hybridized carbons (Fsp3) is 0.357. The molecule has 2 aromatic carbocycles. The molecule has 2 heterocycles. The fourth-order valence-corrected chi connectivity index (χ4v) is 4.68. The van der Waals surface area contributed by atoms with Crippen molar-refractivity contribution in [2.75, 3.05) is 18.4 Å². The van der Waals surface area contributed by atoms with Crippen molar-refractivity contribution in [3.63, 3.8) is 0 Å². The maximum atomic E-state index is 13.3. The van der Waals surface area contributed by atoms with E-state index in [4.69, 9.17) is 9.97 Å². The predicted molar refractivity (Wildman–Crippen MR) is 147 cm³/mol. The first-order chi connectivity index (χ1) is 17.4. The molecule has 0 saturated carbocycles. The van der Waals surface area contributed by atoms with Gasteiger partial charge in [0.1, 0.15) is 5.82 Å². The highest BCUT2D eigenvalue weighted by Gasteiger charge is 2.22. The third kappa shape index (κ3) is 6.43. The third-order valence-corrected chi connectivity index (χ3v) is 6.51. The molecule has 1 amide bonds. The summed E-state index contributed by atoms with van der Waals surface area (Å²) in [6.45, 7) is 10.4. The van der Waals surface area contributed by atoms with E-state index < -0.39 is 0 Å². The highest BCUT2D eigenvalue weighted by Crippen LogP contribution is 2.27. The molecule has 4 aromatic rings. The zero-order chi connectivity index (χ0) is 25.5. The van der Waals surface area contributed by atoms with Crippen LogP contribution >= 0.6 is 11.8 Å². The third-order valence-electron chi connectivity index (χ3n) is 5.65. The molecule has 0 unspecified atom stereocenters. The predicted octanol–water partition coefficient (Wildman–Crippen LogP) is 5.34. The smallest absolute Gasteiger partial charge is 0.232 e. The SMILES string of the molecule is CC(C)CNc1nc(SC(C)C)nc2c1cnn2CCNC(=O)C(c1ccccc1)c1ccccc1. The topological polar surface area (TPSA) is 84.7 Å². The van der Waals surface area contributed by atoms with Crippen molar-refractivity contribution in [2.45, 2.75) is 50.6 Å². The van der Waals surface area contributed by atoms with Gasteiger partial charge in [-0.05, 0) is 17.0 Å². The van der Waals surface area contributed by atoms with E-state index in [0.717, 1.165) is 39.7 Å². The van der Waals surface area contributed by atoms with Crippen molar-refractivity contribution in [2.24, 2.45) is 5.92 Å². The van der Waals surface area contributed by atoms with Gasteiger partial charge in [-0.15, -0.1) is 0 Å². The summed E-state index contributed by atoms with van der Waals surface area (Å²) >= 11 is 1.63. The summed E-state index contributed by atoms with van der Waals surface area (Å²) in [4.78, 5) is 22.9. The molecule has 36 heavy (non-hydrogen) atoms. The summed E-state index contributed by atoms with van der Waals surface area (Å²) in [5.74, 6) is 0.891. The van der Waals surface area contributed by atoms with Gasteiger partial charge in [0.15, 0.2) is 10.8 Å². The van der Waals surface area contributed by atoms with Crippen LogP contribution in [0.15, 0.2) is 72.0 Å². The molecular formula is C28H34N6OS. The molecule has 2 N–H and O–H groups in total. The number of amides is 1. The van der Waals surface area contributed by atoms with Crippen molar-refractivity contribution in [3.8, 4) is 0 Å². The van der Waals surface area contributed by atoms with Gasteiger partial charge in [0, 0.05) is 18.3 Å². The van der Waals surface area contributed by atoms with Crippen LogP contribution in [0.2, 0.25) is 0 Å². The summed E-state index contributed by atoms with van der Waals surface area (Å²) in [7, 11) is 0. The number of benzene rings is 2. The first kappa shape index (κ1) is 25.7. The van der Waals surface area contributed by atoms with Crippen LogP contribution in [0.5, 0.6) is 0 Å². The number of anilines is 1. The highest BCUT2D eigenvalue weighted by atomic mass is 32.2. The first-order valence-electron chi connectivity index (χ1n) is 12.4. The Morgan fingerprint density at radius 3 is 2.17 bits per heavy atom. The van der Waals surface area contributed by atoms with Crippen molar-refractivity contribution >= 4 is 34.5 Å². The van der Waals surface area contributed by atoms with Gasteiger partial charge in [-0.2, -0.15) is 5.10 Å². The van der Waals surface area contributed by atoms with Crippen LogP contribution in [0.3, 0.4) is 0 Å². The van der Waals surface area contributed by atoms with Crippen LogP contribution in [-0.2, 0) is 11.3 Å². The molecule has 0 atom stereocenters. The maximum Gasteiger partial charge on any atom is 0.232 e. The van der Waals surface area contributed by atoms with Gasteiger partial charge < -0.3 is 10.6 Å². The van der Waals surface area contributed by atoms with Crippen LogP contribution < -0.4 is 10.6 Å². The van der Waals surface area contributed by atoms with Crippen LogP contribution in [-0.4, -0.2) is 44.0 Å². The number of nitrogens with zero attached hydrogens (tertiary/aromatic N) is 4. The normalized spacial score (nSPS) is 11.5. The van der Waals surface area contributed by atoms with E-state index in [1.807, 2.05) is 65.3 Å². The van der Waals surface area contributed by atoms with Crippen LogP contribution in [0.4, 0.5) is 5.82 Å². The monoisotopic (exact) mass is 502 g/mol. The van der Waals surface area contributed by atoms with E-state index in [2.05, 4.69) is 43.4 Å². The molecule has 188 valence electrons. The molecule has 8 heteroatoms. The number of thioether (sulfide) groups is 1. The summed E-state index contributed by atoms with van der Waals surface area (Å²) in [6, 6.07) is 19.8. The molecule has 0 bridgehead atoms. The molecule has 0 spiro atoms. The molecule has 0 aliphatic carbocycles. The lowest BCUT2D eigenvalue weighted by molar-refractivity contribution is -0.121. The number of hydrogen-bond acceptors (Lipinski definition) is 6. The number of nitrogens with one attached hydrogen (secondary N) is 2. The second kappa shape index (κ2) is 12.0. The first-order valence-corrected chi connectivity index (χ1v) is 13.3. The Balaban J connectivity index is 1.52. The Labute approximate surface area is 217 Å². The molecule has 7 nitrogen and oxygen atoms in total. The van der Waals surface area contributed by atoms with E-state index in [9.17, 15) is 4.79 Å². The van der Waals surface area contributed by atoms with E-state index in [1.54, 1.807) is 18.0 Å². The zero-order valence-corrected chi connectivity index (χ0v) is 22.1. The van der Waals surface area contributed by atoms with Gasteiger partial charge in [-0.25, -0.2) is 14.6 Å². The minimum atomic E-state index is -0.370. The zero-order valence-electron chi connectivity index (χ0n) is 21.3. The molecule has 4 rings (SSSR count). The number of aromatic nitrogens is 4. The largest absolute Gasteiger partial charge is 0.369 e. The van der Waals surface area contributed by atoms with Gasteiger partial charge in [0.25, 0.3) is 0 Å². The Kier molecular flexibility index (Phi) is 8.59. The average Bonchev–Trinajstić information content (AvgIpc) is 3.26. The number of fused-ring (bicyclic) bond motifs is 1. The lowest BCUT2D eigenvalue weighted by Crippen LogP contribution is -2.32. The van der Waals surface area contributed by atoms with Crippen molar-refractivity contribution in [3.05, 3.63) is 78.0 Å². The van der Waals surface area contributed by atoms with Gasteiger partial charge in [0.05, 0.1) is 24.0 Å². The van der Waals surface area contributed by atoms with Gasteiger partial charge >= 0.3 is 0 Å². The van der Waals surface area contributed by atoms with Crippen LogP contribution in [0.1, 0.15) is 44.7 Å². The summed E-state index contributed by atoms with van der Waals surface area (Å²) in [6.07, 6.45) is 1.81. The number of carbonyl (C=O) groups excluding carboxylic acids is 1. The summed E-state index contributed by atoms with van der Waals surface area (Å²) in [5.41, 5.74) is 2.71. The fourth-order valence-electron chi connectivity index (χ4n) is 3.97. The quantitative estimate of drug-likeness (QED) is 0.213. The molecule has 2 aromatic heterocycles. The van der Waals surface area contributed by atoms with E-state index in [0.29, 0.717) is 24.3 Å². The Bertz CT molecular complexity index is 1230. The second-order valence-electron chi connectivity index (χ2n) is 9.45. The van der Waals surface area contributed by atoms with Gasteiger partial charge in [-0.3, -0.25) is 4.79 Å². The Hall–Kier alpha value is -3.39. The number of hydrogen-bond donors (Lipinski definition) is 2. The average molecular weight is 503 g/mol. The van der Waals surface area contributed by atoms with E-state index >= 15 is 0 Å². The maximum absolute atomic E-state index is 13.3. The van der Waals surface area contributed by atoms with Crippen LogP contribution in [0, 0.1) is 5.92 Å². The number of carbonyl (C=O) groups is 1. The van der Waals surface area contributed by atoms with Crippen molar-refractivity contribution in [1.82, 2.24) is 25.1 Å². The van der Waals surface area contributed by atoms with Crippen molar-refractivity contribution in [1.29, 1.82) is 0 Å². The summed E-state index contributed by atoms with van der Waals surface area (Å²) in [5, 5.41) is 13.1. The minimum absolute atomic E-state index is 0.0335. The number of rotatable bonds is 11. The molecule has 0 radical (unpaired) electrons. The Morgan fingerprint density at radius 2 is 1.58 bits per heavy atom. The lowest BCUT2D eigenvalue weighted by atomic mass is 9.90. The molecule has 0 fully saturated rings. The summed E-state index contributed by atoms with van der Waals surface area (Å²) < 4.78 is 1.85. The lowest BCUT2D eigenvalue weighted by Gasteiger charge is -2.18. The molecule has 0 saturated heterocycles. The van der Waals surface area contributed by atoms with E-state index in [1.165, 1.54) is 0 Å². The Morgan fingerprint density at radius 1 is 0.944 bits per heavy atom. The molecular weight excluding hydrogens is 468 g/mol. The standard InChI is InChI=1S/C28H34N6OS/c1-19(2)17-30-25-23-18-31-34(26(23)33-28(32-25)36-20(3)4)16-15-29-27(35)24(21-11-7-5-8-12-21)22-13-9-6-10-14-22/h5-14,18-20,24H,15-17H2,1-4H3,(H,29,35)(H,30,32,33). The van der Waals surface area contributed by atoms with Crippen LogP contribution in [0.25, 0.3) is 11.0 Å². The van der Waals surface area contributed by atoms with E-state index in [-0.39, 0.29) is 11.8 Å². The van der Waals surface area contributed by atoms with Gasteiger partial charge in [0.2, 0.25) is 5.91 Å². The molecule has 0 aliphatic rings. The molecule has 0 aliphatic heterocycles. The highest BCUT2D eigenvalue weighted by molar-refractivity contribution is 7.99.